The molecule has 0 radical (unpaired) electrons. The van der Waals surface area contributed by atoms with Gasteiger partial charge in [0.25, 0.3) is 0 Å². The average molecular weight is 455 g/mol. The highest BCUT2D eigenvalue weighted by atomic mass is 16.6. The Bertz CT molecular complexity index is 1000. The van der Waals surface area contributed by atoms with Gasteiger partial charge < -0.3 is 25.6 Å². The molecule has 0 unspecified atom stereocenters. The molecule has 1 aliphatic carbocycles. The first-order valence-electron chi connectivity index (χ1n) is 11.0. The molecule has 0 aliphatic heterocycles. The van der Waals surface area contributed by atoms with Crippen molar-refractivity contribution >= 4 is 17.8 Å². The number of aromatic hydroxyl groups is 2. The summed E-state index contributed by atoms with van der Waals surface area (Å²) < 4.78 is 5.17. The number of unbranched alkanes of at least 4 members (excludes halogenated alkanes) is 1. The molecule has 8 heteroatoms. The number of amides is 2. The first-order valence-corrected chi connectivity index (χ1v) is 11.0. The number of hydrogen-bond donors (Lipinski definition) is 4. The van der Waals surface area contributed by atoms with Gasteiger partial charge in [0.05, 0.1) is 11.1 Å². The van der Waals surface area contributed by atoms with Crippen LogP contribution in [0.5, 0.6) is 11.5 Å². The Labute approximate surface area is 193 Å². The molecule has 0 spiro atoms. The molecule has 4 N–H and O–H groups in total. The van der Waals surface area contributed by atoms with E-state index in [-0.39, 0.29) is 35.0 Å². The van der Waals surface area contributed by atoms with Crippen molar-refractivity contribution in [1.29, 1.82) is 0 Å². The maximum Gasteiger partial charge on any atom is 0.407 e. The van der Waals surface area contributed by atoms with Crippen LogP contribution in [0.3, 0.4) is 0 Å². The average Bonchev–Trinajstić information content (AvgIpc) is 2.72. The van der Waals surface area contributed by atoms with E-state index in [1.165, 1.54) is 12.1 Å². The van der Waals surface area contributed by atoms with Crippen LogP contribution in [-0.2, 0) is 9.53 Å². The van der Waals surface area contributed by atoms with Gasteiger partial charge in [-0.2, -0.15) is 0 Å². The Morgan fingerprint density at radius 3 is 1.94 bits per heavy atom. The molecule has 0 saturated carbocycles. The number of alkyl carbamates (subject to hydrolysis) is 1. The third-order valence-corrected chi connectivity index (χ3v) is 5.34. The topological polar surface area (TPSA) is 125 Å². The van der Waals surface area contributed by atoms with Gasteiger partial charge in [-0.3, -0.25) is 9.59 Å². The van der Waals surface area contributed by atoms with E-state index in [1.807, 2.05) is 0 Å². The molecular formula is C25H30N2O6. The van der Waals surface area contributed by atoms with E-state index in [0.717, 1.165) is 0 Å². The van der Waals surface area contributed by atoms with Gasteiger partial charge in [0.2, 0.25) is 11.7 Å². The molecule has 0 bridgehead atoms. The molecular weight excluding hydrogens is 424 g/mol. The van der Waals surface area contributed by atoms with Crippen molar-refractivity contribution in [1.82, 2.24) is 10.6 Å². The lowest BCUT2D eigenvalue weighted by molar-refractivity contribution is -0.121. The summed E-state index contributed by atoms with van der Waals surface area (Å²) in [6.07, 6.45) is 0.933. The number of phenolic OH excluding ortho intramolecular Hbond substituents is 2. The summed E-state index contributed by atoms with van der Waals surface area (Å²) in [5.74, 6) is -1.48. The molecule has 33 heavy (non-hydrogen) atoms. The predicted octanol–water partition coefficient (Wildman–Crippen LogP) is 3.59. The van der Waals surface area contributed by atoms with E-state index in [0.29, 0.717) is 37.1 Å². The predicted molar refractivity (Wildman–Crippen MR) is 123 cm³/mol. The third kappa shape index (κ3) is 5.83. The number of carbonyl (C=O) groups is 3. The van der Waals surface area contributed by atoms with Gasteiger partial charge in [0, 0.05) is 25.4 Å². The zero-order valence-corrected chi connectivity index (χ0v) is 19.1. The Morgan fingerprint density at radius 1 is 0.909 bits per heavy atom. The quantitative estimate of drug-likeness (QED) is 0.474. The smallest absolute Gasteiger partial charge is 0.407 e. The zero-order chi connectivity index (χ0) is 24.2. The van der Waals surface area contributed by atoms with Crippen LogP contribution in [0.25, 0.3) is 0 Å². The number of ether oxygens (including phenoxy) is 1. The van der Waals surface area contributed by atoms with E-state index in [2.05, 4.69) is 10.6 Å². The van der Waals surface area contributed by atoms with E-state index >= 15 is 0 Å². The second kappa shape index (κ2) is 9.94. The minimum Gasteiger partial charge on any atom is -0.507 e. The Hall–Kier alpha value is -3.55. The standard InChI is InChI=1S/C25H30N2O6/c1-25(2,3)33-24(32)27-13-5-4-12-26-20(30)14-17-15-8-6-10-18(28)21(15)23(31)22-16(17)9-7-11-19(22)29/h6-11,17,28-29H,4-5,12-14H2,1-3H3,(H,26,30)(H,27,32). The molecule has 2 aromatic rings. The van der Waals surface area contributed by atoms with Crippen molar-refractivity contribution < 1.29 is 29.3 Å². The molecule has 0 heterocycles. The fraction of sp³-hybridized carbons (Fsp3) is 0.400. The van der Waals surface area contributed by atoms with Crippen molar-refractivity contribution in [2.75, 3.05) is 13.1 Å². The SMILES string of the molecule is CC(C)(C)OC(=O)NCCCCNC(=O)CC1c2cccc(O)c2C(=O)c2c(O)cccc21. The number of rotatable bonds is 7. The molecule has 0 saturated heterocycles. The largest absolute Gasteiger partial charge is 0.507 e. The normalized spacial score (nSPS) is 13.1. The van der Waals surface area contributed by atoms with Gasteiger partial charge in [-0.1, -0.05) is 24.3 Å². The minimum atomic E-state index is -0.549. The van der Waals surface area contributed by atoms with E-state index in [4.69, 9.17) is 4.74 Å². The summed E-state index contributed by atoms with van der Waals surface area (Å²) in [7, 11) is 0. The highest BCUT2D eigenvalue weighted by Crippen LogP contribution is 2.44. The van der Waals surface area contributed by atoms with Gasteiger partial charge in [0.15, 0.2) is 0 Å². The van der Waals surface area contributed by atoms with Crippen LogP contribution in [0, 0.1) is 0 Å². The summed E-state index contributed by atoms with van der Waals surface area (Å²) >= 11 is 0. The number of ketones is 1. The van der Waals surface area contributed by atoms with Crippen molar-refractivity contribution in [3.05, 3.63) is 58.7 Å². The summed E-state index contributed by atoms with van der Waals surface area (Å²) in [4.78, 5) is 37.2. The lowest BCUT2D eigenvalue weighted by Crippen LogP contribution is -2.33. The van der Waals surface area contributed by atoms with E-state index < -0.39 is 23.4 Å². The second-order valence-corrected chi connectivity index (χ2v) is 9.05. The molecule has 0 atom stereocenters. The number of benzene rings is 2. The van der Waals surface area contributed by atoms with Crippen LogP contribution in [-0.4, -0.2) is 46.7 Å². The van der Waals surface area contributed by atoms with Crippen molar-refractivity contribution in [2.24, 2.45) is 0 Å². The van der Waals surface area contributed by atoms with Crippen molar-refractivity contribution in [2.45, 2.75) is 51.6 Å². The van der Waals surface area contributed by atoms with Crippen molar-refractivity contribution in [3.63, 3.8) is 0 Å². The van der Waals surface area contributed by atoms with Gasteiger partial charge >= 0.3 is 6.09 Å². The molecule has 3 rings (SSSR count). The van der Waals surface area contributed by atoms with Gasteiger partial charge in [-0.15, -0.1) is 0 Å². The lowest BCUT2D eigenvalue weighted by atomic mass is 9.75. The summed E-state index contributed by atoms with van der Waals surface area (Å²) in [5, 5.41) is 26.1. The first-order chi connectivity index (χ1) is 15.6. The van der Waals surface area contributed by atoms with Crippen LogP contribution in [0.1, 0.15) is 73.0 Å². The fourth-order valence-electron chi connectivity index (χ4n) is 3.94. The van der Waals surface area contributed by atoms with Crippen LogP contribution in [0.4, 0.5) is 4.79 Å². The number of carbonyl (C=O) groups excluding carboxylic acids is 3. The van der Waals surface area contributed by atoms with Gasteiger partial charge in [0.1, 0.15) is 17.1 Å². The maximum atomic E-state index is 12.9. The molecule has 176 valence electrons. The first kappa shape index (κ1) is 24.1. The van der Waals surface area contributed by atoms with Crippen LogP contribution >= 0.6 is 0 Å². The molecule has 8 nitrogen and oxygen atoms in total. The highest BCUT2D eigenvalue weighted by Gasteiger charge is 2.35. The second-order valence-electron chi connectivity index (χ2n) is 9.05. The monoisotopic (exact) mass is 454 g/mol. The lowest BCUT2D eigenvalue weighted by Gasteiger charge is -2.28. The maximum absolute atomic E-state index is 12.9. The Morgan fingerprint density at radius 2 is 1.42 bits per heavy atom. The molecule has 0 aromatic heterocycles. The summed E-state index contributed by atoms with van der Waals surface area (Å²) in [6, 6.07) is 9.56. The zero-order valence-electron chi connectivity index (χ0n) is 19.1. The number of phenols is 2. The Kier molecular flexibility index (Phi) is 7.26. The minimum absolute atomic E-state index is 0.0658. The van der Waals surface area contributed by atoms with Crippen molar-refractivity contribution in [3.8, 4) is 11.5 Å². The van der Waals surface area contributed by atoms with Gasteiger partial charge in [-0.05, 0) is 56.9 Å². The molecule has 1 aliphatic rings. The Balaban J connectivity index is 1.58. The third-order valence-electron chi connectivity index (χ3n) is 5.34. The number of nitrogens with one attached hydrogen (secondary N) is 2. The van der Waals surface area contributed by atoms with Crippen LogP contribution in [0.2, 0.25) is 0 Å². The van der Waals surface area contributed by atoms with Crippen LogP contribution < -0.4 is 10.6 Å². The highest BCUT2D eigenvalue weighted by molar-refractivity contribution is 6.16. The number of hydrogen-bond acceptors (Lipinski definition) is 6. The van der Waals surface area contributed by atoms with E-state index in [9.17, 15) is 24.6 Å². The fourth-order valence-corrected chi connectivity index (χ4v) is 3.94. The molecule has 0 fully saturated rings. The van der Waals surface area contributed by atoms with E-state index in [1.54, 1.807) is 45.0 Å². The summed E-state index contributed by atoms with van der Waals surface area (Å²) in [5.41, 5.74) is 0.826. The van der Waals surface area contributed by atoms with Gasteiger partial charge in [-0.25, -0.2) is 4.79 Å². The molecule has 2 amide bonds. The van der Waals surface area contributed by atoms with Crippen LogP contribution in [0.15, 0.2) is 36.4 Å². The summed E-state index contributed by atoms with van der Waals surface area (Å²) in [6.45, 7) is 6.26. The number of fused-ring (bicyclic) bond motifs is 2. The molecule has 2 aromatic carbocycles.